The van der Waals surface area contributed by atoms with Gasteiger partial charge in [-0.3, -0.25) is 0 Å². The molecule has 6 heteroatoms. The third kappa shape index (κ3) is 4.53. The van der Waals surface area contributed by atoms with Crippen LogP contribution in [-0.4, -0.2) is 27.5 Å². The molecule has 1 aliphatic carbocycles. The zero-order valence-electron chi connectivity index (χ0n) is 17.7. The molecule has 1 saturated carbocycles. The molecule has 3 aromatic rings. The number of hydrogen-bond acceptors (Lipinski definition) is 6. The Balaban J connectivity index is 1.69. The summed E-state index contributed by atoms with van der Waals surface area (Å²) in [5.74, 6) is 2.30. The molecule has 29 heavy (non-hydrogen) atoms. The Hall–Kier alpha value is -2.21. The number of para-hydroxylation sites is 1. The third-order valence-corrected chi connectivity index (χ3v) is 6.90. The summed E-state index contributed by atoms with van der Waals surface area (Å²) >= 11 is 1.72. The molecule has 2 atom stereocenters. The average Bonchev–Trinajstić information content (AvgIpc) is 3.31. The second kappa shape index (κ2) is 9.08. The number of rotatable bonds is 8. The Morgan fingerprint density at radius 2 is 1.97 bits per heavy atom. The van der Waals surface area contributed by atoms with E-state index in [1.54, 1.807) is 11.3 Å². The van der Waals surface area contributed by atoms with Gasteiger partial charge < -0.3 is 10.6 Å². The smallest absolute Gasteiger partial charge is 0.224 e. The van der Waals surface area contributed by atoms with E-state index in [0.29, 0.717) is 12.0 Å². The first-order valence-electron chi connectivity index (χ1n) is 10.9. The van der Waals surface area contributed by atoms with Crippen molar-refractivity contribution in [1.29, 1.82) is 0 Å². The van der Waals surface area contributed by atoms with Crippen molar-refractivity contribution >= 4 is 33.3 Å². The highest BCUT2D eigenvalue weighted by atomic mass is 32.1. The van der Waals surface area contributed by atoms with E-state index < -0.39 is 0 Å². The van der Waals surface area contributed by atoms with E-state index in [1.807, 2.05) is 6.07 Å². The minimum atomic E-state index is 0.463. The maximum Gasteiger partial charge on any atom is 0.224 e. The van der Waals surface area contributed by atoms with Crippen molar-refractivity contribution in [2.45, 2.75) is 65.3 Å². The zero-order chi connectivity index (χ0) is 20.2. The highest BCUT2D eigenvalue weighted by molar-refractivity contribution is 7.21. The molecule has 5 nitrogen and oxygen atoms in total. The highest BCUT2D eigenvalue weighted by Crippen LogP contribution is 2.38. The van der Waals surface area contributed by atoms with Gasteiger partial charge in [0.05, 0.1) is 21.5 Å². The summed E-state index contributed by atoms with van der Waals surface area (Å²) < 4.78 is 1.20. The van der Waals surface area contributed by atoms with Crippen molar-refractivity contribution in [1.82, 2.24) is 15.0 Å². The van der Waals surface area contributed by atoms with E-state index in [2.05, 4.69) is 49.6 Å². The quantitative estimate of drug-likeness (QED) is 0.430. The van der Waals surface area contributed by atoms with Crippen molar-refractivity contribution in [2.75, 3.05) is 17.2 Å². The second-order valence-electron chi connectivity index (χ2n) is 8.14. The Bertz CT molecular complexity index is 934. The fraction of sp³-hybridized carbons (Fsp3) is 0.522. The van der Waals surface area contributed by atoms with Crippen molar-refractivity contribution in [2.24, 2.45) is 5.92 Å². The van der Waals surface area contributed by atoms with Gasteiger partial charge in [0, 0.05) is 12.6 Å². The van der Waals surface area contributed by atoms with Crippen LogP contribution in [0.4, 0.5) is 11.8 Å². The first kappa shape index (κ1) is 20.1. The predicted molar refractivity (Wildman–Crippen MR) is 124 cm³/mol. The lowest BCUT2D eigenvalue weighted by Gasteiger charge is -2.21. The fourth-order valence-electron chi connectivity index (χ4n) is 4.10. The van der Waals surface area contributed by atoms with Gasteiger partial charge in [0.15, 0.2) is 0 Å². The Morgan fingerprint density at radius 3 is 2.72 bits per heavy atom. The number of benzene rings is 1. The molecule has 0 bridgehead atoms. The van der Waals surface area contributed by atoms with Crippen molar-refractivity contribution < 1.29 is 0 Å². The summed E-state index contributed by atoms with van der Waals surface area (Å²) in [6.07, 6.45) is 7.33. The Morgan fingerprint density at radius 1 is 1.10 bits per heavy atom. The molecule has 2 N–H and O–H groups in total. The number of aromatic nitrogens is 3. The van der Waals surface area contributed by atoms with Crippen LogP contribution in [0.25, 0.3) is 20.8 Å². The van der Waals surface area contributed by atoms with E-state index in [1.165, 1.54) is 36.8 Å². The lowest BCUT2D eigenvalue weighted by molar-refractivity contribution is 0.555. The largest absolute Gasteiger partial charge is 0.366 e. The minimum absolute atomic E-state index is 0.463. The molecular weight excluding hydrogens is 378 g/mol. The maximum absolute atomic E-state index is 4.91. The molecule has 2 aromatic heterocycles. The van der Waals surface area contributed by atoms with Gasteiger partial charge in [-0.05, 0) is 44.2 Å². The molecule has 0 radical (unpaired) electrons. The van der Waals surface area contributed by atoms with Crippen molar-refractivity contribution in [3.05, 3.63) is 30.0 Å². The molecule has 2 heterocycles. The van der Waals surface area contributed by atoms with Crippen molar-refractivity contribution in [3.8, 4) is 10.6 Å². The van der Waals surface area contributed by atoms with E-state index in [-0.39, 0.29) is 0 Å². The number of hydrogen-bond donors (Lipinski definition) is 2. The van der Waals surface area contributed by atoms with Crippen LogP contribution in [-0.2, 0) is 0 Å². The van der Waals surface area contributed by atoms with Crippen LogP contribution in [0.5, 0.6) is 0 Å². The summed E-state index contributed by atoms with van der Waals surface area (Å²) in [5, 5.41) is 8.18. The molecule has 1 aromatic carbocycles. The second-order valence-corrected chi connectivity index (χ2v) is 9.17. The lowest BCUT2D eigenvalue weighted by atomic mass is 10.1. The summed E-state index contributed by atoms with van der Waals surface area (Å²) in [5.41, 5.74) is 3.06. The molecule has 1 aliphatic rings. The van der Waals surface area contributed by atoms with Crippen LogP contribution >= 0.6 is 11.3 Å². The maximum atomic E-state index is 4.91. The Labute approximate surface area is 177 Å². The van der Waals surface area contributed by atoms with Gasteiger partial charge in [0.2, 0.25) is 5.95 Å². The third-order valence-electron chi connectivity index (χ3n) is 5.84. The van der Waals surface area contributed by atoms with Crippen LogP contribution in [0.2, 0.25) is 0 Å². The van der Waals surface area contributed by atoms with Crippen LogP contribution in [0.1, 0.15) is 58.1 Å². The van der Waals surface area contributed by atoms with Crippen LogP contribution in [0.15, 0.2) is 24.3 Å². The molecule has 4 rings (SSSR count). The summed E-state index contributed by atoms with van der Waals surface area (Å²) in [4.78, 5) is 14.6. The molecule has 2 unspecified atom stereocenters. The van der Waals surface area contributed by atoms with Gasteiger partial charge in [0.1, 0.15) is 10.8 Å². The van der Waals surface area contributed by atoms with Crippen LogP contribution in [0.3, 0.4) is 0 Å². The summed E-state index contributed by atoms with van der Waals surface area (Å²) in [6, 6.07) is 8.77. The van der Waals surface area contributed by atoms with Gasteiger partial charge in [-0.25, -0.2) is 9.97 Å². The van der Waals surface area contributed by atoms with E-state index in [4.69, 9.17) is 15.0 Å². The normalized spacial score (nSPS) is 19.0. The van der Waals surface area contributed by atoms with Crippen LogP contribution < -0.4 is 10.6 Å². The van der Waals surface area contributed by atoms with Gasteiger partial charge in [-0.15, -0.1) is 11.3 Å². The van der Waals surface area contributed by atoms with E-state index in [0.717, 1.165) is 46.5 Å². The van der Waals surface area contributed by atoms with Gasteiger partial charge in [0.25, 0.3) is 0 Å². The fourth-order valence-corrected chi connectivity index (χ4v) is 5.17. The van der Waals surface area contributed by atoms with Crippen molar-refractivity contribution in [3.63, 3.8) is 0 Å². The first-order valence-corrected chi connectivity index (χ1v) is 11.7. The first-order chi connectivity index (χ1) is 14.2. The van der Waals surface area contributed by atoms with E-state index in [9.17, 15) is 0 Å². The summed E-state index contributed by atoms with van der Waals surface area (Å²) in [6.45, 7) is 7.54. The van der Waals surface area contributed by atoms with Gasteiger partial charge >= 0.3 is 0 Å². The van der Waals surface area contributed by atoms with Gasteiger partial charge in [-0.2, -0.15) is 4.98 Å². The molecule has 1 fully saturated rings. The number of fused-ring (bicyclic) bond motifs is 1. The monoisotopic (exact) mass is 409 g/mol. The molecule has 0 saturated heterocycles. The molecule has 0 spiro atoms. The standard InChI is InChI=1S/C23H31N5S/c1-4-5-8-14-24-23-25-16(3)20(21(28-23)26-17-12-9-10-15(17)2)22-27-18-11-6-7-13-19(18)29-22/h6-7,11,13,15,17H,4-5,8-10,12,14H2,1-3H3,(H2,24,25,26,28). The molecule has 0 amide bonds. The number of aryl methyl sites for hydroxylation is 1. The minimum Gasteiger partial charge on any atom is -0.366 e. The highest BCUT2D eigenvalue weighted by Gasteiger charge is 2.26. The number of nitrogens with one attached hydrogen (secondary N) is 2. The SMILES string of the molecule is CCCCCNc1nc(C)c(-c2nc3ccccc3s2)c(NC2CCCC2C)n1. The summed E-state index contributed by atoms with van der Waals surface area (Å²) in [7, 11) is 0. The van der Waals surface area contributed by atoms with E-state index >= 15 is 0 Å². The molecule has 0 aliphatic heterocycles. The van der Waals surface area contributed by atoms with Gasteiger partial charge in [-0.1, -0.05) is 45.2 Å². The average molecular weight is 410 g/mol. The molecule has 154 valence electrons. The number of thiazole rings is 1. The Kier molecular flexibility index (Phi) is 6.28. The van der Waals surface area contributed by atoms with Crippen LogP contribution in [0, 0.1) is 12.8 Å². The zero-order valence-corrected chi connectivity index (χ0v) is 18.5. The number of unbranched alkanes of at least 4 members (excludes halogenated alkanes) is 2. The topological polar surface area (TPSA) is 62.7 Å². The lowest BCUT2D eigenvalue weighted by Crippen LogP contribution is -2.23. The number of nitrogens with zero attached hydrogens (tertiary/aromatic N) is 3. The predicted octanol–water partition coefficient (Wildman–Crippen LogP) is 6.26. The molecular formula is C23H31N5S. The number of anilines is 2.